The zero-order valence-corrected chi connectivity index (χ0v) is 13.9. The molecule has 1 N–H and O–H groups in total. The molecule has 0 saturated carbocycles. The Labute approximate surface area is 135 Å². The minimum Gasteiger partial charge on any atom is -0.493 e. The van der Waals surface area contributed by atoms with Gasteiger partial charge in [0.2, 0.25) is 0 Å². The van der Waals surface area contributed by atoms with Crippen LogP contribution in [-0.4, -0.2) is 55.3 Å². The Morgan fingerprint density at radius 3 is 2.35 bits per heavy atom. The SMILES string of the molecule is COc1cc2cc(C(=O)N3CC(C)OC(C)C3)[nH]c2cc1OC. The zero-order chi connectivity index (χ0) is 16.6. The number of amides is 1. The number of benzene rings is 1. The lowest BCUT2D eigenvalue weighted by Crippen LogP contribution is -2.48. The molecule has 2 aromatic rings. The highest BCUT2D eigenvalue weighted by Gasteiger charge is 2.27. The van der Waals surface area contributed by atoms with E-state index in [1.165, 1.54) is 0 Å². The maximum absolute atomic E-state index is 12.7. The lowest BCUT2D eigenvalue weighted by atomic mass is 10.2. The van der Waals surface area contributed by atoms with E-state index in [4.69, 9.17) is 14.2 Å². The van der Waals surface area contributed by atoms with Gasteiger partial charge in [0.15, 0.2) is 11.5 Å². The third-order valence-electron chi connectivity index (χ3n) is 4.06. The van der Waals surface area contributed by atoms with E-state index in [1.807, 2.05) is 36.9 Å². The van der Waals surface area contributed by atoms with E-state index in [0.29, 0.717) is 30.3 Å². The summed E-state index contributed by atoms with van der Waals surface area (Å²) < 4.78 is 16.3. The standard InChI is InChI=1S/C17H22N2O4/c1-10-8-19(9-11(2)23-10)17(20)14-5-12-6-15(21-3)16(22-4)7-13(12)18-14/h5-7,10-11,18H,8-9H2,1-4H3. The van der Waals surface area contributed by atoms with Crippen molar-refractivity contribution in [1.82, 2.24) is 9.88 Å². The number of ether oxygens (including phenoxy) is 3. The number of nitrogens with zero attached hydrogens (tertiary/aromatic N) is 1. The van der Waals surface area contributed by atoms with Gasteiger partial charge in [-0.25, -0.2) is 0 Å². The van der Waals surface area contributed by atoms with Crippen molar-refractivity contribution in [1.29, 1.82) is 0 Å². The average molecular weight is 318 g/mol. The maximum Gasteiger partial charge on any atom is 0.270 e. The quantitative estimate of drug-likeness (QED) is 0.944. The van der Waals surface area contributed by atoms with Gasteiger partial charge < -0.3 is 24.1 Å². The van der Waals surface area contributed by atoms with Crippen LogP contribution < -0.4 is 9.47 Å². The first-order valence-corrected chi connectivity index (χ1v) is 7.71. The van der Waals surface area contributed by atoms with Gasteiger partial charge in [0, 0.05) is 30.1 Å². The Morgan fingerprint density at radius 2 is 1.74 bits per heavy atom. The van der Waals surface area contributed by atoms with Gasteiger partial charge in [-0.15, -0.1) is 0 Å². The van der Waals surface area contributed by atoms with Crippen LogP contribution in [0.3, 0.4) is 0 Å². The van der Waals surface area contributed by atoms with Gasteiger partial charge in [-0.05, 0) is 26.0 Å². The maximum atomic E-state index is 12.7. The number of nitrogens with one attached hydrogen (secondary N) is 1. The van der Waals surface area contributed by atoms with Crippen molar-refractivity contribution in [3.05, 3.63) is 23.9 Å². The first kappa shape index (κ1) is 15.7. The summed E-state index contributed by atoms with van der Waals surface area (Å²) in [6.07, 6.45) is 0.0968. The second-order valence-electron chi connectivity index (χ2n) is 5.94. The molecule has 3 rings (SSSR count). The van der Waals surface area contributed by atoms with Crippen molar-refractivity contribution in [2.75, 3.05) is 27.3 Å². The van der Waals surface area contributed by atoms with E-state index >= 15 is 0 Å². The van der Waals surface area contributed by atoms with Crippen molar-refractivity contribution < 1.29 is 19.0 Å². The van der Waals surface area contributed by atoms with E-state index in [0.717, 1.165) is 10.9 Å². The highest BCUT2D eigenvalue weighted by Crippen LogP contribution is 2.32. The van der Waals surface area contributed by atoms with Gasteiger partial charge in [-0.3, -0.25) is 4.79 Å². The summed E-state index contributed by atoms with van der Waals surface area (Å²) in [7, 11) is 3.19. The molecule has 6 heteroatoms. The normalized spacial score (nSPS) is 21.5. The lowest BCUT2D eigenvalue weighted by molar-refractivity contribution is -0.0587. The summed E-state index contributed by atoms with van der Waals surface area (Å²) >= 11 is 0. The number of carbonyl (C=O) groups is 1. The number of methoxy groups -OCH3 is 2. The first-order valence-electron chi connectivity index (χ1n) is 7.71. The Kier molecular flexibility index (Phi) is 4.17. The molecule has 6 nitrogen and oxygen atoms in total. The fourth-order valence-corrected chi connectivity index (χ4v) is 3.09. The van der Waals surface area contributed by atoms with Crippen LogP contribution in [0, 0.1) is 0 Å². The minimum atomic E-state index is -0.0128. The van der Waals surface area contributed by atoms with Gasteiger partial charge in [-0.2, -0.15) is 0 Å². The number of aromatic nitrogens is 1. The number of aromatic amines is 1. The number of H-pyrrole nitrogens is 1. The van der Waals surface area contributed by atoms with Crippen molar-refractivity contribution in [3.63, 3.8) is 0 Å². The third kappa shape index (κ3) is 2.99. The smallest absolute Gasteiger partial charge is 0.270 e. The highest BCUT2D eigenvalue weighted by molar-refractivity contribution is 5.98. The number of hydrogen-bond donors (Lipinski definition) is 1. The Morgan fingerprint density at radius 1 is 1.13 bits per heavy atom. The molecule has 1 saturated heterocycles. The molecule has 0 spiro atoms. The second-order valence-corrected chi connectivity index (χ2v) is 5.94. The van der Waals surface area contributed by atoms with E-state index in [9.17, 15) is 4.79 Å². The molecule has 124 valence electrons. The number of morpholine rings is 1. The number of carbonyl (C=O) groups excluding carboxylic acids is 1. The van der Waals surface area contributed by atoms with Crippen LogP contribution in [0.1, 0.15) is 24.3 Å². The Bertz CT molecular complexity index is 674. The summed E-state index contributed by atoms with van der Waals surface area (Å²) in [6.45, 7) is 5.17. The molecule has 0 bridgehead atoms. The van der Waals surface area contributed by atoms with E-state index in [-0.39, 0.29) is 18.1 Å². The molecule has 1 fully saturated rings. The number of rotatable bonds is 3. The summed E-state index contributed by atoms with van der Waals surface area (Å²) in [5, 5.41) is 0.917. The fraction of sp³-hybridized carbons (Fsp3) is 0.471. The monoisotopic (exact) mass is 318 g/mol. The predicted octanol–water partition coefficient (Wildman–Crippen LogP) is 2.43. The van der Waals surface area contributed by atoms with Gasteiger partial charge in [-0.1, -0.05) is 0 Å². The van der Waals surface area contributed by atoms with Crippen LogP contribution in [0.2, 0.25) is 0 Å². The molecule has 23 heavy (non-hydrogen) atoms. The van der Waals surface area contributed by atoms with Crippen LogP contribution in [-0.2, 0) is 4.74 Å². The largest absolute Gasteiger partial charge is 0.493 e. The summed E-state index contributed by atoms with van der Waals surface area (Å²) in [6, 6.07) is 5.56. The van der Waals surface area contributed by atoms with Gasteiger partial charge in [0.25, 0.3) is 5.91 Å². The molecule has 1 aromatic heterocycles. The summed E-state index contributed by atoms with van der Waals surface area (Å²) in [4.78, 5) is 17.8. The van der Waals surface area contributed by atoms with Crippen LogP contribution in [0.4, 0.5) is 0 Å². The number of hydrogen-bond acceptors (Lipinski definition) is 4. The van der Waals surface area contributed by atoms with Crippen molar-refractivity contribution in [3.8, 4) is 11.5 Å². The van der Waals surface area contributed by atoms with E-state index in [2.05, 4.69) is 4.98 Å². The van der Waals surface area contributed by atoms with Crippen LogP contribution in [0.15, 0.2) is 18.2 Å². The second kappa shape index (κ2) is 6.12. The van der Waals surface area contributed by atoms with Gasteiger partial charge in [0.05, 0.1) is 26.4 Å². The summed E-state index contributed by atoms with van der Waals surface area (Å²) in [5.74, 6) is 1.27. The van der Waals surface area contributed by atoms with Crippen molar-refractivity contribution >= 4 is 16.8 Å². The molecule has 2 heterocycles. The number of fused-ring (bicyclic) bond motifs is 1. The lowest BCUT2D eigenvalue weighted by Gasteiger charge is -2.35. The first-order chi connectivity index (χ1) is 11.0. The van der Waals surface area contributed by atoms with Gasteiger partial charge >= 0.3 is 0 Å². The van der Waals surface area contributed by atoms with Crippen LogP contribution >= 0.6 is 0 Å². The molecule has 0 aliphatic carbocycles. The third-order valence-corrected chi connectivity index (χ3v) is 4.06. The molecule has 1 aliphatic heterocycles. The summed E-state index contributed by atoms with van der Waals surface area (Å²) in [5.41, 5.74) is 1.41. The molecule has 2 unspecified atom stereocenters. The molecular weight excluding hydrogens is 296 g/mol. The predicted molar refractivity (Wildman–Crippen MR) is 87.3 cm³/mol. The molecule has 1 amide bonds. The molecule has 0 radical (unpaired) electrons. The fourth-order valence-electron chi connectivity index (χ4n) is 3.09. The average Bonchev–Trinajstić information content (AvgIpc) is 2.94. The zero-order valence-electron chi connectivity index (χ0n) is 13.9. The molecule has 1 aliphatic rings. The topological polar surface area (TPSA) is 63.8 Å². The van der Waals surface area contributed by atoms with Crippen LogP contribution in [0.25, 0.3) is 10.9 Å². The Balaban J connectivity index is 1.92. The van der Waals surface area contributed by atoms with Crippen molar-refractivity contribution in [2.45, 2.75) is 26.1 Å². The highest BCUT2D eigenvalue weighted by atomic mass is 16.5. The van der Waals surface area contributed by atoms with E-state index in [1.54, 1.807) is 14.2 Å². The van der Waals surface area contributed by atoms with Crippen LogP contribution in [0.5, 0.6) is 11.5 Å². The molecular formula is C17H22N2O4. The Hall–Kier alpha value is -2.21. The van der Waals surface area contributed by atoms with Crippen molar-refractivity contribution in [2.24, 2.45) is 0 Å². The molecule has 1 aromatic carbocycles. The van der Waals surface area contributed by atoms with Gasteiger partial charge in [0.1, 0.15) is 5.69 Å². The molecule has 2 atom stereocenters. The van der Waals surface area contributed by atoms with E-state index < -0.39 is 0 Å². The minimum absolute atomic E-state index is 0.0128.